The second-order valence-electron chi connectivity index (χ2n) is 4.14. The minimum absolute atomic E-state index is 0. The number of piperidine rings is 1. The number of halogens is 1. The molecule has 2 N–H and O–H groups in total. The lowest BCUT2D eigenvalue weighted by Crippen LogP contribution is -2.45. The van der Waals surface area contributed by atoms with Crippen molar-refractivity contribution in [3.05, 3.63) is 12.5 Å². The van der Waals surface area contributed by atoms with Crippen molar-refractivity contribution in [1.29, 1.82) is 0 Å². The molecule has 2 heterocycles. The van der Waals surface area contributed by atoms with Crippen molar-refractivity contribution in [2.24, 2.45) is 12.8 Å². The molecule has 0 aromatic carbocycles. The summed E-state index contributed by atoms with van der Waals surface area (Å²) < 4.78 is 27.3. The van der Waals surface area contributed by atoms with E-state index in [0.717, 1.165) is 12.8 Å². The van der Waals surface area contributed by atoms with Crippen molar-refractivity contribution < 1.29 is 8.42 Å². The zero-order valence-electron chi connectivity index (χ0n) is 9.61. The molecule has 8 heteroatoms. The molecule has 0 radical (unpaired) electrons. The van der Waals surface area contributed by atoms with Crippen LogP contribution in [0.1, 0.15) is 12.8 Å². The molecule has 1 unspecified atom stereocenters. The number of aryl methyl sites for hydroxylation is 1. The van der Waals surface area contributed by atoms with Gasteiger partial charge in [-0.2, -0.15) is 4.31 Å². The fourth-order valence-electron chi connectivity index (χ4n) is 1.85. The molecule has 1 aromatic rings. The van der Waals surface area contributed by atoms with E-state index >= 15 is 0 Å². The first-order valence-corrected chi connectivity index (χ1v) is 6.68. The minimum atomic E-state index is -3.45. The van der Waals surface area contributed by atoms with Gasteiger partial charge >= 0.3 is 0 Å². The van der Waals surface area contributed by atoms with Gasteiger partial charge in [-0.05, 0) is 12.8 Å². The summed E-state index contributed by atoms with van der Waals surface area (Å²) in [5.74, 6) is 0. The lowest BCUT2D eigenvalue weighted by molar-refractivity contribution is 0.315. The molecule has 1 aromatic heterocycles. The van der Waals surface area contributed by atoms with E-state index in [-0.39, 0.29) is 23.5 Å². The van der Waals surface area contributed by atoms with Gasteiger partial charge in [0.15, 0.2) is 5.03 Å². The van der Waals surface area contributed by atoms with Crippen LogP contribution in [0.5, 0.6) is 0 Å². The molecule has 1 saturated heterocycles. The first-order valence-electron chi connectivity index (χ1n) is 5.24. The molecule has 6 nitrogen and oxygen atoms in total. The summed E-state index contributed by atoms with van der Waals surface area (Å²) in [5.41, 5.74) is 5.77. The summed E-state index contributed by atoms with van der Waals surface area (Å²) in [5, 5.41) is 0.101. The molecule has 0 spiro atoms. The fraction of sp³-hybridized carbons (Fsp3) is 0.667. The van der Waals surface area contributed by atoms with Crippen LogP contribution in [0.15, 0.2) is 17.6 Å². The van der Waals surface area contributed by atoms with Gasteiger partial charge in [-0.25, -0.2) is 13.4 Å². The van der Waals surface area contributed by atoms with Crippen LogP contribution >= 0.6 is 12.4 Å². The number of nitrogens with two attached hydrogens (primary N) is 1. The SMILES string of the molecule is Cl.Cn1cnc(S(=O)(=O)N2CCCC(N)C2)c1. The molecule has 0 aliphatic carbocycles. The first-order chi connectivity index (χ1) is 7.50. The van der Waals surface area contributed by atoms with Crippen LogP contribution in [-0.2, 0) is 17.1 Å². The van der Waals surface area contributed by atoms with Crippen molar-refractivity contribution in [3.63, 3.8) is 0 Å². The maximum Gasteiger partial charge on any atom is 0.262 e. The van der Waals surface area contributed by atoms with Crippen LogP contribution in [0.3, 0.4) is 0 Å². The molecule has 2 rings (SSSR count). The van der Waals surface area contributed by atoms with Crippen LogP contribution in [-0.4, -0.2) is 41.4 Å². The molecule has 17 heavy (non-hydrogen) atoms. The lowest BCUT2D eigenvalue weighted by atomic mass is 10.1. The Labute approximate surface area is 107 Å². The van der Waals surface area contributed by atoms with Crippen LogP contribution in [0.4, 0.5) is 0 Å². The molecule has 1 aliphatic heterocycles. The molecule has 0 bridgehead atoms. The van der Waals surface area contributed by atoms with Crippen molar-refractivity contribution in [1.82, 2.24) is 13.9 Å². The van der Waals surface area contributed by atoms with E-state index < -0.39 is 10.0 Å². The van der Waals surface area contributed by atoms with Gasteiger partial charge in [-0.15, -0.1) is 12.4 Å². The van der Waals surface area contributed by atoms with Crippen molar-refractivity contribution >= 4 is 22.4 Å². The maximum atomic E-state index is 12.1. The molecule has 1 fully saturated rings. The molecule has 1 atom stereocenters. The number of nitrogens with zero attached hydrogens (tertiary/aromatic N) is 3. The topological polar surface area (TPSA) is 81.2 Å². The van der Waals surface area contributed by atoms with E-state index in [1.165, 1.54) is 16.8 Å². The molecular weight excluding hydrogens is 264 g/mol. The van der Waals surface area contributed by atoms with E-state index in [9.17, 15) is 8.42 Å². The Balaban J connectivity index is 0.00000144. The fourth-order valence-corrected chi connectivity index (χ4v) is 3.35. The highest BCUT2D eigenvalue weighted by Gasteiger charge is 2.30. The Morgan fingerprint density at radius 1 is 1.53 bits per heavy atom. The number of aromatic nitrogens is 2. The molecular formula is C9H17ClN4O2S. The monoisotopic (exact) mass is 280 g/mol. The Morgan fingerprint density at radius 2 is 2.24 bits per heavy atom. The Kier molecular flexibility index (Phi) is 4.54. The number of rotatable bonds is 2. The standard InChI is InChI=1S/C9H16N4O2S.ClH/c1-12-6-9(11-7-12)16(14,15)13-4-2-3-8(10)5-13;/h6-8H,2-5,10H2,1H3;1H. The highest BCUT2D eigenvalue weighted by molar-refractivity contribution is 7.89. The summed E-state index contributed by atoms with van der Waals surface area (Å²) in [6.45, 7) is 0.922. The van der Waals surface area contributed by atoms with E-state index in [1.807, 2.05) is 0 Å². The van der Waals surface area contributed by atoms with Crippen LogP contribution < -0.4 is 5.73 Å². The predicted octanol–water partition coefficient (Wildman–Crippen LogP) is -0.0463. The second-order valence-corrected chi connectivity index (χ2v) is 6.03. The minimum Gasteiger partial charge on any atom is -0.339 e. The molecule has 98 valence electrons. The average molecular weight is 281 g/mol. The van der Waals surface area contributed by atoms with Gasteiger partial charge in [0.05, 0.1) is 6.33 Å². The third-order valence-corrected chi connectivity index (χ3v) is 4.46. The third kappa shape index (κ3) is 2.98. The zero-order chi connectivity index (χ0) is 11.8. The Bertz CT molecular complexity index is 473. The highest BCUT2D eigenvalue weighted by atomic mass is 35.5. The van der Waals surface area contributed by atoms with Gasteiger partial charge in [0.25, 0.3) is 10.0 Å². The number of hydrogen-bond donors (Lipinski definition) is 1. The summed E-state index contributed by atoms with van der Waals surface area (Å²) in [4.78, 5) is 3.88. The van der Waals surface area contributed by atoms with Gasteiger partial charge < -0.3 is 10.3 Å². The maximum absolute atomic E-state index is 12.1. The van der Waals surface area contributed by atoms with Crippen LogP contribution in [0.2, 0.25) is 0 Å². The second kappa shape index (κ2) is 5.34. The lowest BCUT2D eigenvalue weighted by Gasteiger charge is -2.29. The van der Waals surface area contributed by atoms with Gasteiger partial charge in [0.2, 0.25) is 0 Å². The smallest absolute Gasteiger partial charge is 0.262 e. The largest absolute Gasteiger partial charge is 0.339 e. The summed E-state index contributed by atoms with van der Waals surface area (Å²) in [6, 6.07) is -0.0627. The number of hydrogen-bond acceptors (Lipinski definition) is 4. The number of imidazole rings is 1. The van der Waals surface area contributed by atoms with Gasteiger partial charge in [0, 0.05) is 32.4 Å². The van der Waals surface area contributed by atoms with E-state index in [1.54, 1.807) is 11.6 Å². The predicted molar refractivity (Wildman–Crippen MR) is 66.4 cm³/mol. The third-order valence-electron chi connectivity index (χ3n) is 2.71. The summed E-state index contributed by atoms with van der Waals surface area (Å²) in [6.07, 6.45) is 4.69. The first kappa shape index (κ1) is 14.4. The zero-order valence-corrected chi connectivity index (χ0v) is 11.2. The summed E-state index contributed by atoms with van der Waals surface area (Å²) in [7, 11) is -1.71. The molecule has 0 amide bonds. The molecule has 0 saturated carbocycles. The van der Waals surface area contributed by atoms with Gasteiger partial charge in [-0.3, -0.25) is 0 Å². The number of sulfonamides is 1. The summed E-state index contributed by atoms with van der Waals surface area (Å²) >= 11 is 0. The van der Waals surface area contributed by atoms with E-state index in [4.69, 9.17) is 5.73 Å². The highest BCUT2D eigenvalue weighted by Crippen LogP contribution is 2.18. The van der Waals surface area contributed by atoms with E-state index in [2.05, 4.69) is 4.98 Å². The Morgan fingerprint density at radius 3 is 2.76 bits per heavy atom. The average Bonchev–Trinajstić information content (AvgIpc) is 2.65. The van der Waals surface area contributed by atoms with Gasteiger partial charge in [0.1, 0.15) is 0 Å². The normalized spacial score (nSPS) is 22.1. The van der Waals surface area contributed by atoms with Crippen molar-refractivity contribution in [2.45, 2.75) is 23.9 Å². The Hall–Kier alpha value is -0.630. The van der Waals surface area contributed by atoms with Crippen molar-refractivity contribution in [3.8, 4) is 0 Å². The van der Waals surface area contributed by atoms with Crippen LogP contribution in [0, 0.1) is 0 Å². The van der Waals surface area contributed by atoms with Crippen molar-refractivity contribution in [2.75, 3.05) is 13.1 Å². The quantitative estimate of drug-likeness (QED) is 0.824. The molecule has 1 aliphatic rings. The van der Waals surface area contributed by atoms with E-state index in [0.29, 0.717) is 13.1 Å². The van der Waals surface area contributed by atoms with Gasteiger partial charge in [-0.1, -0.05) is 0 Å². The van der Waals surface area contributed by atoms with Crippen LogP contribution in [0.25, 0.3) is 0 Å².